The van der Waals surface area contributed by atoms with E-state index in [1.165, 1.54) is 0 Å². The first-order valence-corrected chi connectivity index (χ1v) is 6.99. The Balaban J connectivity index is 2.28. The predicted molar refractivity (Wildman–Crippen MR) is 79.4 cm³/mol. The highest BCUT2D eigenvalue weighted by molar-refractivity contribution is 5.82. The molecule has 1 rings (SSSR count). The molecule has 0 radical (unpaired) electrons. The van der Waals surface area contributed by atoms with Crippen LogP contribution in [-0.2, 0) is 4.79 Å². The van der Waals surface area contributed by atoms with E-state index in [4.69, 9.17) is 9.84 Å². The first kappa shape index (κ1) is 16.8. The molecule has 0 fully saturated rings. The van der Waals surface area contributed by atoms with Gasteiger partial charge in [0.2, 0.25) is 0 Å². The van der Waals surface area contributed by atoms with E-state index in [0.717, 1.165) is 5.75 Å². The van der Waals surface area contributed by atoms with Gasteiger partial charge in [-0.2, -0.15) is 0 Å². The van der Waals surface area contributed by atoms with Crippen LogP contribution in [0.25, 0.3) is 0 Å². The molecule has 2 unspecified atom stereocenters. The molecule has 6 heteroatoms. The van der Waals surface area contributed by atoms with Crippen molar-refractivity contribution >= 4 is 12.0 Å². The number of hydrogen-bond donors (Lipinski definition) is 3. The highest BCUT2D eigenvalue weighted by Crippen LogP contribution is 2.08. The molecule has 0 aromatic heterocycles. The molecule has 0 saturated carbocycles. The standard InChI is InChI=1S/C15H22N2O4/c1-3-11(2)13(14(18)19)17-15(20)16-9-10-21-12-7-5-4-6-8-12/h4-8,11,13H,3,9-10H2,1-2H3,(H,18,19)(H2,16,17,20). The van der Waals surface area contributed by atoms with Gasteiger partial charge in [0.05, 0.1) is 6.54 Å². The second-order valence-electron chi connectivity index (χ2n) is 4.76. The van der Waals surface area contributed by atoms with Crippen molar-refractivity contribution in [3.8, 4) is 5.75 Å². The number of urea groups is 1. The highest BCUT2D eigenvalue weighted by atomic mass is 16.5. The summed E-state index contributed by atoms with van der Waals surface area (Å²) in [4.78, 5) is 22.7. The molecule has 0 bridgehead atoms. The number of carboxylic acids is 1. The number of para-hydroxylation sites is 1. The number of benzene rings is 1. The molecule has 2 amide bonds. The minimum Gasteiger partial charge on any atom is -0.492 e. The fourth-order valence-electron chi connectivity index (χ4n) is 1.73. The van der Waals surface area contributed by atoms with Gasteiger partial charge in [-0.1, -0.05) is 38.5 Å². The van der Waals surface area contributed by atoms with Gasteiger partial charge in [0.1, 0.15) is 18.4 Å². The SMILES string of the molecule is CCC(C)C(NC(=O)NCCOc1ccccc1)C(=O)O. The summed E-state index contributed by atoms with van der Waals surface area (Å²) < 4.78 is 5.42. The van der Waals surface area contributed by atoms with Crippen LogP contribution < -0.4 is 15.4 Å². The number of ether oxygens (including phenoxy) is 1. The maximum Gasteiger partial charge on any atom is 0.326 e. The lowest BCUT2D eigenvalue weighted by Crippen LogP contribution is -2.49. The second-order valence-corrected chi connectivity index (χ2v) is 4.76. The molecule has 0 heterocycles. The number of amides is 2. The van der Waals surface area contributed by atoms with Gasteiger partial charge < -0.3 is 20.5 Å². The third-order valence-corrected chi connectivity index (χ3v) is 3.17. The first-order chi connectivity index (χ1) is 10.0. The molecule has 0 aliphatic rings. The van der Waals surface area contributed by atoms with Crippen molar-refractivity contribution in [1.82, 2.24) is 10.6 Å². The highest BCUT2D eigenvalue weighted by Gasteiger charge is 2.24. The number of carboxylic acid groups (broad SMARTS) is 1. The number of nitrogens with one attached hydrogen (secondary N) is 2. The normalized spacial score (nSPS) is 13.0. The fourth-order valence-corrected chi connectivity index (χ4v) is 1.73. The van der Waals surface area contributed by atoms with E-state index >= 15 is 0 Å². The van der Waals surface area contributed by atoms with Crippen LogP contribution in [0.1, 0.15) is 20.3 Å². The Bertz CT molecular complexity index is 450. The van der Waals surface area contributed by atoms with Gasteiger partial charge in [-0.3, -0.25) is 0 Å². The van der Waals surface area contributed by atoms with E-state index in [-0.39, 0.29) is 5.92 Å². The summed E-state index contributed by atoms with van der Waals surface area (Å²) in [5.41, 5.74) is 0. The van der Waals surface area contributed by atoms with Gasteiger partial charge in [-0.15, -0.1) is 0 Å². The second kappa shape index (κ2) is 8.84. The van der Waals surface area contributed by atoms with Crippen molar-refractivity contribution in [3.05, 3.63) is 30.3 Å². The number of aliphatic carboxylic acids is 1. The molecule has 1 aromatic rings. The summed E-state index contributed by atoms with van der Waals surface area (Å²) in [7, 11) is 0. The average Bonchev–Trinajstić information content (AvgIpc) is 2.49. The third-order valence-electron chi connectivity index (χ3n) is 3.17. The van der Waals surface area contributed by atoms with Crippen molar-refractivity contribution in [2.75, 3.05) is 13.2 Å². The van der Waals surface area contributed by atoms with Crippen molar-refractivity contribution in [2.24, 2.45) is 5.92 Å². The van der Waals surface area contributed by atoms with Crippen LogP contribution in [0.5, 0.6) is 5.75 Å². The molecule has 3 N–H and O–H groups in total. The van der Waals surface area contributed by atoms with E-state index in [0.29, 0.717) is 19.6 Å². The van der Waals surface area contributed by atoms with Crippen molar-refractivity contribution in [1.29, 1.82) is 0 Å². The Labute approximate surface area is 124 Å². The molecule has 0 aliphatic carbocycles. The van der Waals surface area contributed by atoms with Crippen LogP contribution in [0, 0.1) is 5.92 Å². The van der Waals surface area contributed by atoms with E-state index in [1.54, 1.807) is 6.92 Å². The molecule has 116 valence electrons. The zero-order chi connectivity index (χ0) is 15.7. The molecule has 0 aliphatic heterocycles. The molecule has 21 heavy (non-hydrogen) atoms. The van der Waals surface area contributed by atoms with Crippen molar-refractivity contribution in [2.45, 2.75) is 26.3 Å². The zero-order valence-corrected chi connectivity index (χ0v) is 12.3. The number of hydrogen-bond acceptors (Lipinski definition) is 3. The third kappa shape index (κ3) is 6.16. The van der Waals surface area contributed by atoms with Gasteiger partial charge in [0.15, 0.2) is 0 Å². The van der Waals surface area contributed by atoms with Crippen LogP contribution in [-0.4, -0.2) is 36.3 Å². The van der Waals surface area contributed by atoms with Crippen LogP contribution in [0.3, 0.4) is 0 Å². The molecule has 6 nitrogen and oxygen atoms in total. The Kier molecular flexibility index (Phi) is 7.08. The maximum atomic E-state index is 11.6. The zero-order valence-electron chi connectivity index (χ0n) is 12.3. The summed E-state index contributed by atoms with van der Waals surface area (Å²) in [5, 5.41) is 14.1. The first-order valence-electron chi connectivity index (χ1n) is 6.99. The van der Waals surface area contributed by atoms with E-state index in [1.807, 2.05) is 37.3 Å². The van der Waals surface area contributed by atoms with Crippen molar-refractivity contribution < 1.29 is 19.4 Å². The number of rotatable bonds is 8. The summed E-state index contributed by atoms with van der Waals surface area (Å²) in [6, 6.07) is 7.87. The van der Waals surface area contributed by atoms with Gasteiger partial charge in [-0.25, -0.2) is 9.59 Å². The van der Waals surface area contributed by atoms with Crippen LogP contribution in [0.4, 0.5) is 4.79 Å². The molecule has 0 spiro atoms. The van der Waals surface area contributed by atoms with E-state index in [9.17, 15) is 9.59 Å². The molecular weight excluding hydrogens is 272 g/mol. The maximum absolute atomic E-state index is 11.6. The number of carbonyl (C=O) groups is 2. The predicted octanol–water partition coefficient (Wildman–Crippen LogP) is 1.86. The summed E-state index contributed by atoms with van der Waals surface area (Å²) in [6.45, 7) is 4.29. The van der Waals surface area contributed by atoms with Gasteiger partial charge in [-0.05, 0) is 18.1 Å². The van der Waals surface area contributed by atoms with Crippen LogP contribution in [0.2, 0.25) is 0 Å². The Morgan fingerprint density at radius 1 is 1.29 bits per heavy atom. The van der Waals surface area contributed by atoms with Gasteiger partial charge in [0.25, 0.3) is 0 Å². The topological polar surface area (TPSA) is 87.7 Å². The monoisotopic (exact) mass is 294 g/mol. The quantitative estimate of drug-likeness (QED) is 0.639. The lowest BCUT2D eigenvalue weighted by Gasteiger charge is -2.20. The molecule has 1 aromatic carbocycles. The lowest BCUT2D eigenvalue weighted by molar-refractivity contribution is -0.140. The Morgan fingerprint density at radius 3 is 2.52 bits per heavy atom. The van der Waals surface area contributed by atoms with Crippen LogP contribution in [0.15, 0.2) is 30.3 Å². The molecule has 0 saturated heterocycles. The minimum absolute atomic E-state index is 0.131. The minimum atomic E-state index is -1.03. The molecular formula is C15H22N2O4. The van der Waals surface area contributed by atoms with Crippen molar-refractivity contribution in [3.63, 3.8) is 0 Å². The average molecular weight is 294 g/mol. The summed E-state index contributed by atoms with van der Waals surface area (Å²) >= 11 is 0. The van der Waals surface area contributed by atoms with E-state index < -0.39 is 18.0 Å². The largest absolute Gasteiger partial charge is 0.492 e. The van der Waals surface area contributed by atoms with E-state index in [2.05, 4.69) is 10.6 Å². The Hall–Kier alpha value is -2.24. The molecule has 2 atom stereocenters. The van der Waals surface area contributed by atoms with Crippen LogP contribution >= 0.6 is 0 Å². The summed E-state index contributed by atoms with van der Waals surface area (Å²) in [6.07, 6.45) is 0.675. The lowest BCUT2D eigenvalue weighted by atomic mass is 9.99. The Morgan fingerprint density at radius 2 is 1.95 bits per heavy atom. The summed E-state index contributed by atoms with van der Waals surface area (Å²) in [5.74, 6) is -0.434. The van der Waals surface area contributed by atoms with Gasteiger partial charge in [0, 0.05) is 0 Å². The smallest absolute Gasteiger partial charge is 0.326 e. The van der Waals surface area contributed by atoms with Gasteiger partial charge >= 0.3 is 12.0 Å². The number of carbonyl (C=O) groups excluding carboxylic acids is 1. The fraction of sp³-hybridized carbons (Fsp3) is 0.467.